The van der Waals surface area contributed by atoms with Crippen LogP contribution in [0, 0.1) is 41.5 Å². The number of rotatable bonds is 8. The average Bonchev–Trinajstić information content (AvgIpc) is 3.17. The minimum absolute atomic E-state index is 0.0857. The number of hydrogen-bond acceptors (Lipinski definition) is 4. The highest BCUT2D eigenvalue weighted by Gasteiger charge is 2.28. The Morgan fingerprint density at radius 1 is 0.900 bits per heavy atom. The van der Waals surface area contributed by atoms with Crippen LogP contribution in [-0.2, 0) is 14.8 Å². The van der Waals surface area contributed by atoms with Crippen molar-refractivity contribution < 1.29 is 13.2 Å². The Labute approximate surface area is 241 Å². The van der Waals surface area contributed by atoms with E-state index in [0.29, 0.717) is 16.3 Å². The number of nitrogens with zero attached hydrogens (tertiary/aromatic N) is 3. The molecule has 0 radical (unpaired) electrons. The Kier molecular flexibility index (Phi) is 8.51. The highest BCUT2D eigenvalue weighted by atomic mass is 35.5. The molecule has 0 spiro atoms. The van der Waals surface area contributed by atoms with Gasteiger partial charge in [-0.1, -0.05) is 35.4 Å². The van der Waals surface area contributed by atoms with Crippen molar-refractivity contribution in [2.24, 2.45) is 5.10 Å². The summed E-state index contributed by atoms with van der Waals surface area (Å²) < 4.78 is 30.5. The zero-order chi connectivity index (χ0) is 29.2. The predicted octanol–water partition coefficient (Wildman–Crippen LogP) is 6.33. The first kappa shape index (κ1) is 29.1. The molecule has 1 amide bonds. The molecule has 0 bridgehead atoms. The average molecular weight is 577 g/mol. The molecule has 7 nitrogen and oxygen atoms in total. The normalized spacial score (nSPS) is 11.7. The minimum Gasteiger partial charge on any atom is -0.318 e. The van der Waals surface area contributed by atoms with Crippen LogP contribution in [0.25, 0.3) is 5.69 Å². The molecule has 0 fully saturated rings. The lowest BCUT2D eigenvalue weighted by Crippen LogP contribution is -2.40. The highest BCUT2D eigenvalue weighted by Crippen LogP contribution is 2.29. The lowest BCUT2D eigenvalue weighted by atomic mass is 10.1. The van der Waals surface area contributed by atoms with Gasteiger partial charge in [0.15, 0.2) is 0 Å². The van der Waals surface area contributed by atoms with Crippen molar-refractivity contribution in [2.45, 2.75) is 46.4 Å². The zero-order valence-electron chi connectivity index (χ0n) is 23.5. The first-order valence-electron chi connectivity index (χ1n) is 12.8. The highest BCUT2D eigenvalue weighted by molar-refractivity contribution is 7.92. The third-order valence-electron chi connectivity index (χ3n) is 6.94. The van der Waals surface area contributed by atoms with Crippen molar-refractivity contribution in [3.63, 3.8) is 0 Å². The van der Waals surface area contributed by atoms with Gasteiger partial charge in [-0.3, -0.25) is 9.10 Å². The maximum atomic E-state index is 13.6. The van der Waals surface area contributed by atoms with Crippen LogP contribution in [0.2, 0.25) is 5.02 Å². The molecule has 40 heavy (non-hydrogen) atoms. The summed E-state index contributed by atoms with van der Waals surface area (Å²) in [7, 11) is -4.05. The van der Waals surface area contributed by atoms with Crippen LogP contribution < -0.4 is 9.73 Å². The number of sulfonamides is 1. The van der Waals surface area contributed by atoms with Crippen molar-refractivity contribution in [3.8, 4) is 5.69 Å². The molecule has 0 aliphatic rings. The van der Waals surface area contributed by atoms with E-state index in [2.05, 4.69) is 47.1 Å². The fraction of sp³-hybridized carbons (Fsp3) is 0.226. The standard InChI is InChI=1S/C31H33ClN4O3S/c1-20-7-12-29(13-8-20)40(38,39)35(30-14-10-27(32)15-23(30)4)19-31(37)34-33-18-26-17-24(5)36(25(26)6)28-11-9-21(2)22(3)16-28/h7-18H,19H2,1-6H3,(H,34,37)/b33-18+. The number of carbonyl (C=O) groups excluding carboxylic acids is 1. The fourth-order valence-corrected chi connectivity index (χ4v) is 6.27. The number of nitrogens with one attached hydrogen (secondary N) is 1. The maximum absolute atomic E-state index is 13.6. The van der Waals surface area contributed by atoms with E-state index in [1.165, 1.54) is 23.3 Å². The third-order valence-corrected chi connectivity index (χ3v) is 8.94. The topological polar surface area (TPSA) is 83.8 Å². The van der Waals surface area contributed by atoms with Crippen molar-refractivity contribution in [1.29, 1.82) is 0 Å². The molecule has 208 valence electrons. The second-order valence-corrected chi connectivity index (χ2v) is 12.3. The van der Waals surface area contributed by atoms with Gasteiger partial charge in [0.2, 0.25) is 0 Å². The lowest BCUT2D eigenvalue weighted by molar-refractivity contribution is -0.119. The van der Waals surface area contributed by atoms with E-state index in [1.807, 2.05) is 26.8 Å². The summed E-state index contributed by atoms with van der Waals surface area (Å²) in [6, 6.07) is 19.7. The van der Waals surface area contributed by atoms with E-state index in [0.717, 1.165) is 32.5 Å². The number of aromatic nitrogens is 1. The third kappa shape index (κ3) is 6.13. The molecular weight excluding hydrogens is 544 g/mol. The van der Waals surface area contributed by atoms with Gasteiger partial charge in [0.05, 0.1) is 16.8 Å². The summed E-state index contributed by atoms with van der Waals surface area (Å²) in [5.74, 6) is -0.579. The molecule has 0 aliphatic carbocycles. The summed E-state index contributed by atoms with van der Waals surface area (Å²) in [6.07, 6.45) is 1.57. The van der Waals surface area contributed by atoms with Gasteiger partial charge in [-0.05, 0) is 107 Å². The van der Waals surface area contributed by atoms with Crippen molar-refractivity contribution in [1.82, 2.24) is 9.99 Å². The SMILES string of the molecule is Cc1ccc(S(=O)(=O)N(CC(=O)N/N=C/c2cc(C)n(-c3ccc(C)c(C)c3)c2C)c2ccc(Cl)cc2C)cc1. The van der Waals surface area contributed by atoms with Crippen molar-refractivity contribution in [2.75, 3.05) is 10.8 Å². The molecular formula is C31H33ClN4O3S. The van der Waals surface area contributed by atoms with Gasteiger partial charge in [0.25, 0.3) is 15.9 Å². The molecule has 0 atom stereocenters. The molecule has 1 heterocycles. The number of anilines is 1. The summed E-state index contributed by atoms with van der Waals surface area (Å²) in [6.45, 7) is 11.3. The Hall–Kier alpha value is -3.88. The summed E-state index contributed by atoms with van der Waals surface area (Å²) in [5, 5.41) is 4.62. The van der Waals surface area contributed by atoms with Gasteiger partial charge < -0.3 is 4.57 Å². The molecule has 1 aromatic heterocycles. The number of benzene rings is 3. The maximum Gasteiger partial charge on any atom is 0.264 e. The van der Waals surface area contributed by atoms with E-state index in [4.69, 9.17) is 11.6 Å². The van der Waals surface area contributed by atoms with Crippen LogP contribution in [0.3, 0.4) is 0 Å². The molecule has 0 saturated carbocycles. The molecule has 9 heteroatoms. The minimum atomic E-state index is -4.05. The number of carbonyl (C=O) groups is 1. The van der Waals surface area contributed by atoms with Gasteiger partial charge in [0, 0.05) is 27.7 Å². The molecule has 4 aromatic rings. The van der Waals surface area contributed by atoms with E-state index in [1.54, 1.807) is 43.5 Å². The van der Waals surface area contributed by atoms with Crippen LogP contribution >= 0.6 is 11.6 Å². The summed E-state index contributed by atoms with van der Waals surface area (Å²) in [5.41, 5.74) is 10.7. The predicted molar refractivity (Wildman–Crippen MR) is 162 cm³/mol. The molecule has 0 saturated heterocycles. The number of aryl methyl sites for hydroxylation is 5. The Bertz CT molecular complexity index is 1710. The van der Waals surface area contributed by atoms with Gasteiger partial charge in [-0.25, -0.2) is 13.8 Å². The quantitative estimate of drug-likeness (QED) is 0.197. The molecule has 0 unspecified atom stereocenters. The van der Waals surface area contributed by atoms with Crippen molar-refractivity contribution >= 4 is 39.4 Å². The van der Waals surface area contributed by atoms with Crippen molar-refractivity contribution in [3.05, 3.63) is 111 Å². The Morgan fingerprint density at radius 2 is 1.60 bits per heavy atom. The van der Waals surface area contributed by atoms with E-state index in [9.17, 15) is 13.2 Å². The van der Waals surface area contributed by atoms with Crippen LogP contribution in [0.5, 0.6) is 0 Å². The van der Waals surface area contributed by atoms with Gasteiger partial charge in [-0.2, -0.15) is 5.10 Å². The first-order valence-corrected chi connectivity index (χ1v) is 14.6. The summed E-state index contributed by atoms with van der Waals surface area (Å²) >= 11 is 6.11. The van der Waals surface area contributed by atoms with E-state index < -0.39 is 22.5 Å². The Balaban J connectivity index is 1.58. The molecule has 4 rings (SSSR count). The largest absolute Gasteiger partial charge is 0.318 e. The molecule has 0 aliphatic heterocycles. The number of amides is 1. The van der Waals surface area contributed by atoms with E-state index in [-0.39, 0.29) is 4.90 Å². The monoisotopic (exact) mass is 576 g/mol. The van der Waals surface area contributed by atoms with Crippen LogP contribution in [0.1, 0.15) is 39.2 Å². The van der Waals surface area contributed by atoms with Crippen LogP contribution in [0.15, 0.2) is 76.7 Å². The Morgan fingerprint density at radius 3 is 2.25 bits per heavy atom. The number of halogens is 1. The van der Waals surface area contributed by atoms with Gasteiger partial charge >= 0.3 is 0 Å². The lowest BCUT2D eigenvalue weighted by Gasteiger charge is -2.25. The van der Waals surface area contributed by atoms with E-state index >= 15 is 0 Å². The number of hydrogen-bond donors (Lipinski definition) is 1. The fourth-order valence-electron chi connectivity index (χ4n) is 4.56. The number of hydrazone groups is 1. The van der Waals surface area contributed by atoms with Gasteiger partial charge in [-0.15, -0.1) is 0 Å². The summed E-state index contributed by atoms with van der Waals surface area (Å²) in [4.78, 5) is 13.1. The van der Waals surface area contributed by atoms with Crippen LogP contribution in [-0.4, -0.2) is 31.7 Å². The smallest absolute Gasteiger partial charge is 0.264 e. The van der Waals surface area contributed by atoms with Crippen LogP contribution in [0.4, 0.5) is 5.69 Å². The zero-order valence-corrected chi connectivity index (χ0v) is 25.1. The first-order chi connectivity index (χ1) is 18.9. The molecule has 1 N–H and O–H groups in total. The molecule has 3 aromatic carbocycles. The second kappa shape index (κ2) is 11.7. The van der Waals surface area contributed by atoms with Gasteiger partial charge in [0.1, 0.15) is 6.54 Å². The second-order valence-electron chi connectivity index (χ2n) is 9.98.